The number of Topliss-reactive ketones (excluding diaryl/α,β-unsaturated/α-hetero) is 1. The van der Waals surface area contributed by atoms with E-state index < -0.39 is 0 Å². The highest BCUT2D eigenvalue weighted by molar-refractivity contribution is 6.30. The summed E-state index contributed by atoms with van der Waals surface area (Å²) < 4.78 is 0. The molecule has 0 radical (unpaired) electrons. The predicted octanol–water partition coefficient (Wildman–Crippen LogP) is 3.48. The van der Waals surface area contributed by atoms with Gasteiger partial charge in [0.2, 0.25) is 5.91 Å². The van der Waals surface area contributed by atoms with Crippen molar-refractivity contribution in [2.45, 2.75) is 26.7 Å². The lowest BCUT2D eigenvalue weighted by Crippen LogP contribution is -2.21. The van der Waals surface area contributed by atoms with E-state index in [9.17, 15) is 9.59 Å². The summed E-state index contributed by atoms with van der Waals surface area (Å²) in [4.78, 5) is 23.2. The van der Waals surface area contributed by atoms with Crippen LogP contribution in [0.25, 0.3) is 0 Å². The quantitative estimate of drug-likeness (QED) is 0.634. The fraction of sp³-hybridized carbons (Fsp3) is 0.429. The lowest BCUT2D eigenvalue weighted by atomic mass is 10.0. The summed E-state index contributed by atoms with van der Waals surface area (Å²) >= 11 is 5.47. The minimum atomic E-state index is -0.116. The maximum Gasteiger partial charge on any atom is 0.227 e. The Balaban J connectivity index is 2.69. The van der Waals surface area contributed by atoms with Crippen molar-refractivity contribution in [2.24, 2.45) is 5.92 Å². The van der Waals surface area contributed by atoms with Gasteiger partial charge in [0.15, 0.2) is 5.78 Å². The Morgan fingerprint density at radius 2 is 1.72 bits per heavy atom. The highest BCUT2D eigenvalue weighted by Gasteiger charge is 2.14. The Bertz CT molecular complexity index is 410. The van der Waals surface area contributed by atoms with E-state index >= 15 is 0 Å². The Morgan fingerprint density at radius 1 is 1.17 bits per heavy atom. The number of anilines is 1. The van der Waals surface area contributed by atoms with E-state index in [1.165, 1.54) is 0 Å². The zero-order valence-corrected chi connectivity index (χ0v) is 11.5. The second-order valence-corrected chi connectivity index (χ2v) is 4.40. The molecule has 1 N–H and O–H groups in total. The van der Waals surface area contributed by atoms with E-state index in [2.05, 4.69) is 5.32 Å². The summed E-state index contributed by atoms with van der Waals surface area (Å²) in [5.74, 6) is -0.0838. The van der Waals surface area contributed by atoms with Crippen molar-refractivity contribution in [3.05, 3.63) is 29.8 Å². The lowest BCUT2D eigenvalue weighted by molar-refractivity contribution is -0.120. The monoisotopic (exact) mass is 267 g/mol. The van der Waals surface area contributed by atoms with Gasteiger partial charge in [-0.1, -0.05) is 13.8 Å². The molecule has 18 heavy (non-hydrogen) atoms. The molecule has 0 spiro atoms. The van der Waals surface area contributed by atoms with Crippen molar-refractivity contribution in [2.75, 3.05) is 11.2 Å². The number of alkyl halides is 1. The summed E-state index contributed by atoms with van der Waals surface area (Å²) in [6, 6.07) is 6.79. The summed E-state index contributed by atoms with van der Waals surface area (Å²) in [7, 11) is 0. The van der Waals surface area contributed by atoms with Gasteiger partial charge in [-0.25, -0.2) is 0 Å². The molecule has 0 aromatic heterocycles. The minimum absolute atomic E-state index is 0.0245. The van der Waals surface area contributed by atoms with Crippen LogP contribution in [0.1, 0.15) is 37.0 Å². The van der Waals surface area contributed by atoms with Crippen molar-refractivity contribution in [1.82, 2.24) is 0 Å². The maximum absolute atomic E-state index is 11.9. The predicted molar refractivity (Wildman–Crippen MR) is 74.2 cm³/mol. The van der Waals surface area contributed by atoms with Crippen molar-refractivity contribution in [1.29, 1.82) is 0 Å². The van der Waals surface area contributed by atoms with Gasteiger partial charge in [0, 0.05) is 17.2 Å². The average molecular weight is 268 g/mol. The Morgan fingerprint density at radius 3 is 2.17 bits per heavy atom. The van der Waals surface area contributed by atoms with E-state index in [0.29, 0.717) is 11.3 Å². The number of halogens is 1. The first kappa shape index (κ1) is 14.7. The second-order valence-electron chi connectivity index (χ2n) is 4.14. The fourth-order valence-electron chi connectivity index (χ4n) is 1.72. The molecule has 0 saturated heterocycles. The van der Waals surface area contributed by atoms with Crippen LogP contribution in [0.15, 0.2) is 24.3 Å². The van der Waals surface area contributed by atoms with Gasteiger partial charge < -0.3 is 5.32 Å². The van der Waals surface area contributed by atoms with E-state index in [0.717, 1.165) is 12.8 Å². The highest BCUT2D eigenvalue weighted by atomic mass is 35.5. The maximum atomic E-state index is 11.9. The van der Waals surface area contributed by atoms with Gasteiger partial charge in [0.05, 0.1) is 5.88 Å². The van der Waals surface area contributed by atoms with Crippen molar-refractivity contribution in [3.8, 4) is 0 Å². The standard InChI is InChI=1S/C14H18ClNO2/c1-3-10(4-2)14(18)16-12-7-5-11(6-8-12)13(17)9-15/h5-8,10H,3-4,9H2,1-2H3,(H,16,18). The number of nitrogens with one attached hydrogen (secondary N) is 1. The number of hydrogen-bond acceptors (Lipinski definition) is 2. The molecule has 0 heterocycles. The number of benzene rings is 1. The van der Waals surface area contributed by atoms with Crippen LogP contribution in [0.4, 0.5) is 5.69 Å². The molecule has 1 aromatic rings. The molecule has 4 heteroatoms. The van der Waals surface area contributed by atoms with Gasteiger partial charge in [0.1, 0.15) is 0 Å². The molecule has 0 aliphatic rings. The molecular formula is C14H18ClNO2. The van der Waals surface area contributed by atoms with Crippen LogP contribution in [-0.2, 0) is 4.79 Å². The smallest absolute Gasteiger partial charge is 0.227 e. The molecule has 0 unspecified atom stereocenters. The molecule has 0 saturated carbocycles. The normalized spacial score (nSPS) is 10.4. The van der Waals surface area contributed by atoms with Crippen molar-refractivity contribution in [3.63, 3.8) is 0 Å². The van der Waals surface area contributed by atoms with Crippen LogP contribution in [-0.4, -0.2) is 17.6 Å². The van der Waals surface area contributed by atoms with Crippen LogP contribution in [0.3, 0.4) is 0 Å². The van der Waals surface area contributed by atoms with Gasteiger partial charge >= 0.3 is 0 Å². The number of carbonyl (C=O) groups excluding carboxylic acids is 2. The van der Waals surface area contributed by atoms with Crippen LogP contribution < -0.4 is 5.32 Å². The third-order valence-electron chi connectivity index (χ3n) is 2.95. The first-order valence-corrected chi connectivity index (χ1v) is 6.65. The first-order chi connectivity index (χ1) is 8.62. The summed E-state index contributed by atoms with van der Waals surface area (Å²) in [5, 5.41) is 2.84. The molecule has 3 nitrogen and oxygen atoms in total. The minimum Gasteiger partial charge on any atom is -0.326 e. The number of carbonyl (C=O) groups is 2. The van der Waals surface area contributed by atoms with Gasteiger partial charge in [-0.3, -0.25) is 9.59 Å². The van der Waals surface area contributed by atoms with E-state index in [1.54, 1.807) is 24.3 Å². The number of ketones is 1. The zero-order chi connectivity index (χ0) is 13.5. The first-order valence-electron chi connectivity index (χ1n) is 6.12. The van der Waals surface area contributed by atoms with Crippen LogP contribution in [0.5, 0.6) is 0 Å². The van der Waals surface area contributed by atoms with Crippen molar-refractivity contribution >= 4 is 29.0 Å². The molecule has 1 aromatic carbocycles. The zero-order valence-electron chi connectivity index (χ0n) is 10.7. The Labute approximate surface area is 113 Å². The second kappa shape index (κ2) is 7.17. The molecule has 0 atom stereocenters. The SMILES string of the molecule is CCC(CC)C(=O)Nc1ccc(C(=O)CCl)cc1. The molecule has 1 amide bonds. The fourth-order valence-corrected chi connectivity index (χ4v) is 1.87. The number of rotatable bonds is 6. The van der Waals surface area contributed by atoms with E-state index in [-0.39, 0.29) is 23.5 Å². The van der Waals surface area contributed by atoms with Gasteiger partial charge in [-0.2, -0.15) is 0 Å². The number of amides is 1. The van der Waals surface area contributed by atoms with E-state index in [1.807, 2.05) is 13.8 Å². The summed E-state index contributed by atoms with van der Waals surface area (Å²) in [5.41, 5.74) is 1.27. The van der Waals surface area contributed by atoms with Gasteiger partial charge in [-0.15, -0.1) is 11.6 Å². The Kier molecular flexibility index (Phi) is 5.86. The molecule has 0 bridgehead atoms. The van der Waals surface area contributed by atoms with Crippen LogP contribution >= 0.6 is 11.6 Å². The molecule has 98 valence electrons. The third kappa shape index (κ3) is 3.84. The topological polar surface area (TPSA) is 46.2 Å². The molecular weight excluding hydrogens is 250 g/mol. The van der Waals surface area contributed by atoms with Crippen molar-refractivity contribution < 1.29 is 9.59 Å². The van der Waals surface area contributed by atoms with E-state index in [4.69, 9.17) is 11.6 Å². The van der Waals surface area contributed by atoms with Crippen LogP contribution in [0.2, 0.25) is 0 Å². The highest BCUT2D eigenvalue weighted by Crippen LogP contribution is 2.14. The Hall–Kier alpha value is -1.35. The third-order valence-corrected chi connectivity index (χ3v) is 3.19. The largest absolute Gasteiger partial charge is 0.326 e. The van der Waals surface area contributed by atoms with Crippen LogP contribution in [0, 0.1) is 5.92 Å². The molecule has 0 aliphatic carbocycles. The summed E-state index contributed by atoms with van der Waals surface area (Å²) in [6.45, 7) is 3.99. The van der Waals surface area contributed by atoms with Gasteiger partial charge in [0.25, 0.3) is 0 Å². The molecule has 0 fully saturated rings. The number of hydrogen-bond donors (Lipinski definition) is 1. The lowest BCUT2D eigenvalue weighted by Gasteiger charge is -2.12. The van der Waals surface area contributed by atoms with Gasteiger partial charge in [-0.05, 0) is 37.1 Å². The molecule has 0 aliphatic heterocycles. The molecule has 1 rings (SSSR count). The summed E-state index contributed by atoms with van der Waals surface area (Å²) in [6.07, 6.45) is 1.65. The average Bonchev–Trinajstić information content (AvgIpc) is 2.40.